The summed E-state index contributed by atoms with van der Waals surface area (Å²) in [5, 5.41) is 16.1. The summed E-state index contributed by atoms with van der Waals surface area (Å²) in [6.07, 6.45) is 2.71. The zero-order valence-corrected chi connectivity index (χ0v) is 14.3. The van der Waals surface area contributed by atoms with Crippen molar-refractivity contribution in [1.82, 2.24) is 15.5 Å². The van der Waals surface area contributed by atoms with Gasteiger partial charge in [0, 0.05) is 17.9 Å². The van der Waals surface area contributed by atoms with E-state index in [9.17, 15) is 4.79 Å². The Hall–Kier alpha value is -1.79. The molecular formula is C17H22N4OS. The average Bonchev–Trinajstić information content (AvgIpc) is 3.20. The Balaban J connectivity index is 1.66. The number of carbonyl (C=O) groups is 1. The highest BCUT2D eigenvalue weighted by molar-refractivity contribution is 7.15. The van der Waals surface area contributed by atoms with Crippen LogP contribution in [0, 0.1) is 0 Å². The van der Waals surface area contributed by atoms with Crippen LogP contribution in [-0.4, -0.2) is 28.7 Å². The highest BCUT2D eigenvalue weighted by Gasteiger charge is 2.28. The molecule has 1 unspecified atom stereocenters. The van der Waals surface area contributed by atoms with Gasteiger partial charge in [-0.15, -0.1) is 10.2 Å². The second kappa shape index (κ2) is 6.76. The van der Waals surface area contributed by atoms with E-state index < -0.39 is 0 Å². The third kappa shape index (κ3) is 3.76. The molecule has 5 nitrogen and oxygen atoms in total. The first kappa shape index (κ1) is 16.1. The molecule has 1 aromatic carbocycles. The average molecular weight is 330 g/mol. The van der Waals surface area contributed by atoms with Crippen LogP contribution in [0.3, 0.4) is 0 Å². The third-order valence-corrected chi connectivity index (χ3v) is 5.46. The quantitative estimate of drug-likeness (QED) is 0.884. The van der Waals surface area contributed by atoms with Crippen LogP contribution in [-0.2, 0) is 10.2 Å². The fourth-order valence-corrected chi connectivity index (χ4v) is 3.71. The molecule has 6 heteroatoms. The van der Waals surface area contributed by atoms with Crippen molar-refractivity contribution in [3.63, 3.8) is 0 Å². The fraction of sp³-hybridized carbons (Fsp3) is 0.471. The van der Waals surface area contributed by atoms with Crippen molar-refractivity contribution >= 4 is 22.4 Å². The molecule has 1 aromatic heterocycles. The number of carbonyl (C=O) groups excluding carboxylic acids is 1. The van der Waals surface area contributed by atoms with Crippen molar-refractivity contribution in [2.75, 3.05) is 11.9 Å². The molecule has 3 rings (SSSR count). The van der Waals surface area contributed by atoms with E-state index in [4.69, 9.17) is 0 Å². The van der Waals surface area contributed by atoms with Gasteiger partial charge in [-0.1, -0.05) is 41.7 Å². The van der Waals surface area contributed by atoms with E-state index in [0.717, 1.165) is 24.4 Å². The van der Waals surface area contributed by atoms with Gasteiger partial charge in [0.15, 0.2) is 0 Å². The van der Waals surface area contributed by atoms with Crippen LogP contribution in [0.25, 0.3) is 0 Å². The predicted molar refractivity (Wildman–Crippen MR) is 92.8 cm³/mol. The number of hydrogen-bond acceptors (Lipinski definition) is 5. The number of rotatable bonds is 5. The highest BCUT2D eigenvalue weighted by atomic mass is 32.1. The maximum Gasteiger partial charge on any atom is 0.227 e. The summed E-state index contributed by atoms with van der Waals surface area (Å²) in [6.45, 7) is 5.25. The summed E-state index contributed by atoms with van der Waals surface area (Å²) in [5.41, 5.74) is 0.957. The van der Waals surface area contributed by atoms with Gasteiger partial charge >= 0.3 is 0 Å². The maximum absolute atomic E-state index is 12.1. The van der Waals surface area contributed by atoms with E-state index in [1.807, 2.05) is 18.2 Å². The van der Waals surface area contributed by atoms with Crippen LogP contribution in [0.5, 0.6) is 0 Å². The topological polar surface area (TPSA) is 66.9 Å². The molecule has 23 heavy (non-hydrogen) atoms. The largest absolute Gasteiger partial charge is 0.313 e. The minimum absolute atomic E-state index is 0.00428. The monoisotopic (exact) mass is 330 g/mol. The molecule has 1 aliphatic rings. The van der Waals surface area contributed by atoms with Crippen LogP contribution in [0.15, 0.2) is 30.3 Å². The van der Waals surface area contributed by atoms with Crippen molar-refractivity contribution in [2.24, 2.45) is 0 Å². The Morgan fingerprint density at radius 1 is 1.35 bits per heavy atom. The molecule has 122 valence electrons. The first-order valence-electron chi connectivity index (χ1n) is 7.98. The number of aromatic nitrogens is 2. The van der Waals surface area contributed by atoms with Gasteiger partial charge < -0.3 is 10.6 Å². The lowest BCUT2D eigenvalue weighted by Gasteiger charge is -2.21. The summed E-state index contributed by atoms with van der Waals surface area (Å²) in [4.78, 5) is 12.1. The first-order valence-corrected chi connectivity index (χ1v) is 8.80. The Morgan fingerprint density at radius 3 is 2.83 bits per heavy atom. The molecule has 1 aliphatic heterocycles. The zero-order valence-electron chi connectivity index (χ0n) is 13.5. The van der Waals surface area contributed by atoms with Gasteiger partial charge in [-0.25, -0.2) is 0 Å². The molecule has 2 heterocycles. The molecule has 0 spiro atoms. The normalized spacial score (nSPS) is 18.1. The standard InChI is InChI=1S/C17H22N4OS/c1-17(2,12-7-4-3-5-8-12)15-20-21-16(23-15)19-14(22)11-13-9-6-10-18-13/h3-5,7-8,13,18H,6,9-11H2,1-2H3,(H,19,21,22). The molecule has 1 fully saturated rings. The highest BCUT2D eigenvalue weighted by Crippen LogP contribution is 2.34. The van der Waals surface area contributed by atoms with Gasteiger partial charge in [0.2, 0.25) is 11.0 Å². The lowest BCUT2D eigenvalue weighted by Crippen LogP contribution is -2.27. The Morgan fingerprint density at radius 2 is 2.13 bits per heavy atom. The Labute approximate surface area is 140 Å². The molecule has 1 amide bonds. The molecule has 2 aromatic rings. The van der Waals surface area contributed by atoms with Gasteiger partial charge in [-0.05, 0) is 38.8 Å². The fourth-order valence-electron chi connectivity index (χ4n) is 2.83. The van der Waals surface area contributed by atoms with Gasteiger partial charge in [0.25, 0.3) is 0 Å². The SMILES string of the molecule is CC(C)(c1ccccc1)c1nnc(NC(=O)CC2CCCN2)s1. The van der Waals surface area contributed by atoms with Crippen molar-refractivity contribution in [1.29, 1.82) is 0 Å². The molecular weight excluding hydrogens is 308 g/mol. The molecule has 0 bridgehead atoms. The molecule has 0 aliphatic carbocycles. The van der Waals surface area contributed by atoms with Crippen molar-refractivity contribution in [3.8, 4) is 0 Å². The van der Waals surface area contributed by atoms with Gasteiger partial charge in [0.1, 0.15) is 5.01 Å². The molecule has 0 radical (unpaired) electrons. The number of hydrogen-bond donors (Lipinski definition) is 2. The minimum Gasteiger partial charge on any atom is -0.313 e. The third-order valence-electron chi connectivity index (χ3n) is 4.30. The molecule has 2 N–H and O–H groups in total. The second-order valence-electron chi connectivity index (χ2n) is 6.45. The number of anilines is 1. The van der Waals surface area contributed by atoms with Gasteiger partial charge in [-0.2, -0.15) is 0 Å². The van der Waals surface area contributed by atoms with Crippen LogP contribution >= 0.6 is 11.3 Å². The molecule has 1 atom stereocenters. The minimum atomic E-state index is -0.227. The zero-order chi connectivity index (χ0) is 16.3. The number of amides is 1. The van der Waals surface area contributed by atoms with E-state index in [1.165, 1.54) is 16.9 Å². The lowest BCUT2D eigenvalue weighted by molar-refractivity contribution is -0.116. The Bertz CT molecular complexity index is 662. The Kier molecular flexibility index (Phi) is 4.73. The number of nitrogens with one attached hydrogen (secondary N) is 2. The predicted octanol–water partition coefficient (Wildman–Crippen LogP) is 2.94. The van der Waals surface area contributed by atoms with Crippen molar-refractivity contribution in [2.45, 2.75) is 44.6 Å². The van der Waals surface area contributed by atoms with E-state index >= 15 is 0 Å². The lowest BCUT2D eigenvalue weighted by atomic mass is 9.85. The summed E-state index contributed by atoms with van der Waals surface area (Å²) in [7, 11) is 0. The summed E-state index contributed by atoms with van der Waals surface area (Å²) in [6, 6.07) is 10.5. The van der Waals surface area contributed by atoms with Crippen LogP contribution in [0.4, 0.5) is 5.13 Å². The summed E-state index contributed by atoms with van der Waals surface area (Å²) in [5.74, 6) is 0.00428. The van der Waals surface area contributed by atoms with Crippen molar-refractivity contribution in [3.05, 3.63) is 40.9 Å². The number of benzene rings is 1. The van der Waals surface area contributed by atoms with Crippen LogP contribution in [0.2, 0.25) is 0 Å². The van der Waals surface area contributed by atoms with Crippen LogP contribution in [0.1, 0.15) is 43.7 Å². The maximum atomic E-state index is 12.1. The molecule has 0 saturated carbocycles. The van der Waals surface area contributed by atoms with Gasteiger partial charge in [0.05, 0.1) is 0 Å². The van der Waals surface area contributed by atoms with Crippen molar-refractivity contribution < 1.29 is 4.79 Å². The van der Waals surface area contributed by atoms with E-state index in [-0.39, 0.29) is 11.3 Å². The smallest absolute Gasteiger partial charge is 0.227 e. The number of nitrogens with zero attached hydrogens (tertiary/aromatic N) is 2. The first-order chi connectivity index (χ1) is 11.1. The molecule has 1 saturated heterocycles. The van der Waals surface area contributed by atoms with E-state index in [2.05, 4.69) is 46.8 Å². The summed E-state index contributed by atoms with van der Waals surface area (Å²) >= 11 is 1.45. The van der Waals surface area contributed by atoms with Crippen LogP contribution < -0.4 is 10.6 Å². The van der Waals surface area contributed by atoms with E-state index in [0.29, 0.717) is 17.6 Å². The van der Waals surface area contributed by atoms with Gasteiger partial charge in [-0.3, -0.25) is 4.79 Å². The second-order valence-corrected chi connectivity index (χ2v) is 7.43. The summed E-state index contributed by atoms with van der Waals surface area (Å²) < 4.78 is 0. The van der Waals surface area contributed by atoms with E-state index in [1.54, 1.807) is 0 Å².